The van der Waals surface area contributed by atoms with E-state index in [1.165, 1.54) is 11.3 Å². The van der Waals surface area contributed by atoms with Crippen molar-refractivity contribution in [3.8, 4) is 22.8 Å². The van der Waals surface area contributed by atoms with Crippen LogP contribution in [-0.4, -0.2) is 15.2 Å². The summed E-state index contributed by atoms with van der Waals surface area (Å²) in [6.45, 7) is 3.59. The van der Waals surface area contributed by atoms with Crippen molar-refractivity contribution in [1.29, 1.82) is 0 Å². The lowest BCUT2D eigenvalue weighted by Gasteiger charge is -2.06. The molecule has 0 atom stereocenters. The van der Waals surface area contributed by atoms with Crippen LogP contribution in [0, 0.1) is 13.8 Å². The quantitative estimate of drug-likeness (QED) is 0.778. The molecule has 15 heavy (non-hydrogen) atoms. The normalized spacial score (nSPS) is 10.5. The molecule has 78 valence electrons. The molecule has 0 radical (unpaired) electrons. The molecule has 0 aliphatic heterocycles. The van der Waals surface area contributed by atoms with E-state index in [9.17, 15) is 10.2 Å². The summed E-state index contributed by atoms with van der Waals surface area (Å²) in [4.78, 5) is 4.29. The number of phenols is 2. The lowest BCUT2D eigenvalue weighted by molar-refractivity contribution is 0.444. The molecule has 0 aliphatic rings. The van der Waals surface area contributed by atoms with Crippen LogP contribution < -0.4 is 0 Å². The predicted octanol–water partition coefficient (Wildman–Crippen LogP) is 2.84. The topological polar surface area (TPSA) is 53.4 Å². The van der Waals surface area contributed by atoms with Gasteiger partial charge in [-0.1, -0.05) is 0 Å². The van der Waals surface area contributed by atoms with E-state index in [2.05, 4.69) is 4.98 Å². The zero-order chi connectivity index (χ0) is 11.0. The van der Waals surface area contributed by atoms with Gasteiger partial charge in [-0.3, -0.25) is 0 Å². The molecule has 3 nitrogen and oxygen atoms in total. The second-order valence-electron chi connectivity index (χ2n) is 3.36. The lowest BCUT2D eigenvalue weighted by atomic mass is 10.1. The second kappa shape index (κ2) is 3.55. The molecular weight excluding hydrogens is 210 g/mol. The first kappa shape index (κ1) is 9.98. The SMILES string of the molecule is Cc1nc(-c2ccc(O)c(C)c2O)cs1. The number of phenolic OH excluding ortho intramolecular Hbond substituents is 2. The third-order valence-electron chi connectivity index (χ3n) is 2.30. The first-order valence-corrected chi connectivity index (χ1v) is 5.41. The highest BCUT2D eigenvalue weighted by Crippen LogP contribution is 2.36. The number of rotatable bonds is 1. The van der Waals surface area contributed by atoms with E-state index in [1.54, 1.807) is 19.1 Å². The molecule has 2 rings (SSSR count). The van der Waals surface area contributed by atoms with Gasteiger partial charge in [0.15, 0.2) is 0 Å². The van der Waals surface area contributed by atoms with Gasteiger partial charge in [-0.2, -0.15) is 0 Å². The molecule has 0 bridgehead atoms. The molecule has 1 aromatic heterocycles. The van der Waals surface area contributed by atoms with Crippen molar-refractivity contribution in [3.63, 3.8) is 0 Å². The summed E-state index contributed by atoms with van der Waals surface area (Å²) >= 11 is 1.53. The molecule has 0 saturated carbocycles. The summed E-state index contributed by atoms with van der Waals surface area (Å²) in [5.41, 5.74) is 1.89. The fourth-order valence-corrected chi connectivity index (χ4v) is 2.00. The summed E-state index contributed by atoms with van der Waals surface area (Å²) < 4.78 is 0. The molecule has 0 unspecified atom stereocenters. The minimum atomic E-state index is 0.0975. The van der Waals surface area contributed by atoms with Crippen molar-refractivity contribution >= 4 is 11.3 Å². The van der Waals surface area contributed by atoms with E-state index < -0.39 is 0 Å². The van der Waals surface area contributed by atoms with Gasteiger partial charge in [0, 0.05) is 16.5 Å². The van der Waals surface area contributed by atoms with Crippen molar-refractivity contribution in [2.75, 3.05) is 0 Å². The Hall–Kier alpha value is -1.55. The van der Waals surface area contributed by atoms with Gasteiger partial charge in [-0.15, -0.1) is 11.3 Å². The fourth-order valence-electron chi connectivity index (χ4n) is 1.38. The zero-order valence-corrected chi connectivity index (χ0v) is 9.30. The van der Waals surface area contributed by atoms with Crippen LogP contribution >= 0.6 is 11.3 Å². The highest BCUT2D eigenvalue weighted by molar-refractivity contribution is 7.09. The van der Waals surface area contributed by atoms with Crippen LogP contribution in [0.5, 0.6) is 11.5 Å². The van der Waals surface area contributed by atoms with Crippen molar-refractivity contribution < 1.29 is 10.2 Å². The van der Waals surface area contributed by atoms with Crippen LogP contribution in [0.1, 0.15) is 10.6 Å². The van der Waals surface area contributed by atoms with Crippen LogP contribution in [0.2, 0.25) is 0 Å². The van der Waals surface area contributed by atoms with Crippen LogP contribution in [0.25, 0.3) is 11.3 Å². The summed E-state index contributed by atoms with van der Waals surface area (Å²) in [5.74, 6) is 0.198. The van der Waals surface area contributed by atoms with Crippen molar-refractivity contribution in [1.82, 2.24) is 4.98 Å². The average molecular weight is 221 g/mol. The number of nitrogens with zero attached hydrogens (tertiary/aromatic N) is 1. The van der Waals surface area contributed by atoms with Gasteiger partial charge in [0.25, 0.3) is 0 Å². The van der Waals surface area contributed by atoms with Gasteiger partial charge in [0.05, 0.1) is 10.7 Å². The molecule has 2 N–H and O–H groups in total. The molecule has 1 heterocycles. The third-order valence-corrected chi connectivity index (χ3v) is 3.07. The number of aryl methyl sites for hydroxylation is 1. The number of aromatic hydroxyl groups is 2. The van der Waals surface area contributed by atoms with Crippen LogP contribution in [0.15, 0.2) is 17.5 Å². The van der Waals surface area contributed by atoms with E-state index in [0.29, 0.717) is 11.1 Å². The van der Waals surface area contributed by atoms with E-state index >= 15 is 0 Å². The first-order chi connectivity index (χ1) is 7.09. The second-order valence-corrected chi connectivity index (χ2v) is 4.42. The molecule has 0 spiro atoms. The first-order valence-electron chi connectivity index (χ1n) is 4.53. The van der Waals surface area contributed by atoms with Crippen LogP contribution in [-0.2, 0) is 0 Å². The van der Waals surface area contributed by atoms with E-state index in [-0.39, 0.29) is 11.5 Å². The van der Waals surface area contributed by atoms with Crippen LogP contribution in [0.4, 0.5) is 0 Å². The Kier molecular flexibility index (Phi) is 2.36. The number of aromatic nitrogens is 1. The largest absolute Gasteiger partial charge is 0.508 e. The lowest BCUT2D eigenvalue weighted by Crippen LogP contribution is -1.83. The number of benzene rings is 1. The molecular formula is C11H11NO2S. The monoisotopic (exact) mass is 221 g/mol. The molecule has 0 fully saturated rings. The highest BCUT2D eigenvalue weighted by Gasteiger charge is 2.11. The number of hydrogen-bond donors (Lipinski definition) is 2. The van der Waals surface area contributed by atoms with Gasteiger partial charge >= 0.3 is 0 Å². The zero-order valence-electron chi connectivity index (χ0n) is 8.48. The Morgan fingerprint density at radius 1 is 1.20 bits per heavy atom. The summed E-state index contributed by atoms with van der Waals surface area (Å²) in [6, 6.07) is 3.24. The van der Waals surface area contributed by atoms with Gasteiger partial charge in [-0.05, 0) is 26.0 Å². The average Bonchev–Trinajstić information content (AvgIpc) is 2.61. The minimum Gasteiger partial charge on any atom is -0.508 e. The van der Waals surface area contributed by atoms with Crippen molar-refractivity contribution in [2.24, 2.45) is 0 Å². The minimum absolute atomic E-state index is 0.0975. The maximum absolute atomic E-state index is 9.85. The molecule has 0 aliphatic carbocycles. The van der Waals surface area contributed by atoms with E-state index in [4.69, 9.17) is 0 Å². The van der Waals surface area contributed by atoms with Gasteiger partial charge in [0.1, 0.15) is 11.5 Å². The van der Waals surface area contributed by atoms with E-state index in [0.717, 1.165) is 10.7 Å². The fraction of sp³-hybridized carbons (Fsp3) is 0.182. The molecule has 2 aromatic rings. The summed E-state index contributed by atoms with van der Waals surface area (Å²) in [7, 11) is 0. The molecule has 1 aromatic carbocycles. The third kappa shape index (κ3) is 1.68. The van der Waals surface area contributed by atoms with Crippen molar-refractivity contribution in [2.45, 2.75) is 13.8 Å². The maximum Gasteiger partial charge on any atom is 0.131 e. The smallest absolute Gasteiger partial charge is 0.131 e. The van der Waals surface area contributed by atoms with Gasteiger partial charge in [-0.25, -0.2) is 4.98 Å². The van der Waals surface area contributed by atoms with Gasteiger partial charge in [0.2, 0.25) is 0 Å². The predicted molar refractivity (Wildman–Crippen MR) is 60.4 cm³/mol. The Bertz CT molecular complexity index is 505. The summed E-state index contributed by atoms with van der Waals surface area (Å²) in [5, 5.41) is 22.1. The van der Waals surface area contributed by atoms with Gasteiger partial charge < -0.3 is 10.2 Å². The van der Waals surface area contributed by atoms with E-state index in [1.807, 2.05) is 12.3 Å². The van der Waals surface area contributed by atoms with Crippen molar-refractivity contribution in [3.05, 3.63) is 28.1 Å². The summed E-state index contributed by atoms with van der Waals surface area (Å²) in [6.07, 6.45) is 0. The standard InChI is InChI=1S/C11H11NO2S/c1-6-10(13)4-3-8(11(6)14)9-5-15-7(2)12-9/h3-5,13-14H,1-2H3. The number of hydrogen-bond acceptors (Lipinski definition) is 4. The Morgan fingerprint density at radius 2 is 1.93 bits per heavy atom. The Labute approximate surface area is 91.7 Å². The molecule has 4 heteroatoms. The van der Waals surface area contributed by atoms with Crippen LogP contribution in [0.3, 0.4) is 0 Å². The number of thiazole rings is 1. The maximum atomic E-state index is 9.85. The highest BCUT2D eigenvalue weighted by atomic mass is 32.1. The molecule has 0 saturated heterocycles. The Morgan fingerprint density at radius 3 is 2.53 bits per heavy atom. The Balaban J connectivity index is 2.59. The molecule has 0 amide bonds.